The van der Waals surface area contributed by atoms with Gasteiger partial charge in [-0.2, -0.15) is 11.8 Å². The molecule has 0 amide bonds. The highest BCUT2D eigenvalue weighted by Gasteiger charge is 2.28. The first-order chi connectivity index (χ1) is 8.46. The lowest BCUT2D eigenvalue weighted by molar-refractivity contribution is 0.110. The van der Waals surface area contributed by atoms with E-state index < -0.39 is 6.10 Å². The van der Waals surface area contributed by atoms with Gasteiger partial charge in [0.2, 0.25) is 0 Å². The molecule has 1 saturated heterocycles. The van der Waals surface area contributed by atoms with Crippen molar-refractivity contribution in [3.63, 3.8) is 0 Å². The topological polar surface area (TPSA) is 49.5 Å². The van der Waals surface area contributed by atoms with E-state index in [9.17, 15) is 5.11 Å². The summed E-state index contributed by atoms with van der Waals surface area (Å²) in [6.45, 7) is 7.32. The van der Waals surface area contributed by atoms with Gasteiger partial charge in [-0.15, -0.1) is 0 Å². The third kappa shape index (κ3) is 3.64. The average Bonchev–Trinajstić information content (AvgIpc) is 2.28. The summed E-state index contributed by atoms with van der Waals surface area (Å²) >= 11 is 2.01. The van der Waals surface area contributed by atoms with Crippen LogP contribution < -0.4 is 5.73 Å². The molecular weight excluding hydrogens is 244 g/mol. The van der Waals surface area contributed by atoms with E-state index in [0.29, 0.717) is 11.3 Å². The molecule has 0 aromatic heterocycles. The van der Waals surface area contributed by atoms with Crippen LogP contribution in [0.15, 0.2) is 24.3 Å². The quantitative estimate of drug-likeness (QED) is 0.823. The summed E-state index contributed by atoms with van der Waals surface area (Å²) in [4.78, 5) is 2.34. The fraction of sp³-hybridized carbons (Fsp3) is 0.571. The van der Waals surface area contributed by atoms with Gasteiger partial charge in [-0.05, 0) is 31.5 Å². The van der Waals surface area contributed by atoms with Gasteiger partial charge in [0.05, 0.1) is 6.10 Å². The van der Waals surface area contributed by atoms with E-state index in [4.69, 9.17) is 5.73 Å². The van der Waals surface area contributed by atoms with Gasteiger partial charge in [0.15, 0.2) is 0 Å². The Morgan fingerprint density at radius 2 is 2.06 bits per heavy atom. The molecule has 100 valence electrons. The second-order valence-electron chi connectivity index (χ2n) is 5.53. The van der Waals surface area contributed by atoms with Crippen LogP contribution in [-0.2, 0) is 0 Å². The molecular formula is C14H22N2OS. The number of hydrogen-bond acceptors (Lipinski definition) is 4. The highest BCUT2D eigenvalue weighted by molar-refractivity contribution is 8.00. The number of nitrogens with two attached hydrogens (primary N) is 1. The van der Waals surface area contributed by atoms with E-state index >= 15 is 0 Å². The molecule has 3 nitrogen and oxygen atoms in total. The lowest BCUT2D eigenvalue weighted by Crippen LogP contribution is -2.44. The van der Waals surface area contributed by atoms with Crippen molar-refractivity contribution in [3.05, 3.63) is 29.8 Å². The van der Waals surface area contributed by atoms with Crippen LogP contribution in [0.4, 0.5) is 5.69 Å². The van der Waals surface area contributed by atoms with Gasteiger partial charge in [-0.25, -0.2) is 0 Å². The normalized spacial score (nSPS) is 21.7. The number of thioether (sulfide) groups is 1. The Morgan fingerprint density at radius 3 is 2.67 bits per heavy atom. The van der Waals surface area contributed by atoms with Crippen molar-refractivity contribution in [1.82, 2.24) is 4.90 Å². The lowest BCUT2D eigenvalue weighted by Gasteiger charge is -2.38. The van der Waals surface area contributed by atoms with Crippen molar-refractivity contribution in [3.8, 4) is 0 Å². The molecule has 1 aromatic rings. The van der Waals surface area contributed by atoms with Crippen LogP contribution >= 0.6 is 11.8 Å². The van der Waals surface area contributed by atoms with E-state index in [0.717, 1.165) is 30.1 Å². The van der Waals surface area contributed by atoms with E-state index in [1.54, 1.807) is 0 Å². The highest BCUT2D eigenvalue weighted by Crippen LogP contribution is 2.30. The number of β-amino-alcohol motifs (C(OH)–C–C–N with tert-alkyl or cyclic N) is 1. The van der Waals surface area contributed by atoms with Crippen LogP contribution in [0.3, 0.4) is 0 Å². The Morgan fingerprint density at radius 1 is 1.39 bits per heavy atom. The summed E-state index contributed by atoms with van der Waals surface area (Å²) in [5.74, 6) is 1.14. The number of aliphatic hydroxyl groups is 1. The van der Waals surface area contributed by atoms with Crippen LogP contribution in [0.5, 0.6) is 0 Å². The van der Waals surface area contributed by atoms with Gasteiger partial charge in [-0.1, -0.05) is 12.1 Å². The van der Waals surface area contributed by atoms with Crippen molar-refractivity contribution in [2.75, 3.05) is 31.1 Å². The first kappa shape index (κ1) is 13.7. The first-order valence-corrected chi connectivity index (χ1v) is 7.35. The van der Waals surface area contributed by atoms with Gasteiger partial charge in [0.25, 0.3) is 0 Å². The van der Waals surface area contributed by atoms with Gasteiger partial charge in [0.1, 0.15) is 0 Å². The minimum Gasteiger partial charge on any atom is -0.399 e. The second kappa shape index (κ2) is 5.51. The summed E-state index contributed by atoms with van der Waals surface area (Å²) in [5, 5.41) is 10.2. The van der Waals surface area contributed by atoms with Crippen LogP contribution in [0.1, 0.15) is 25.5 Å². The summed E-state index contributed by atoms with van der Waals surface area (Å²) in [5.41, 5.74) is 7.33. The molecule has 1 aliphatic heterocycles. The van der Waals surface area contributed by atoms with E-state index in [1.165, 1.54) is 0 Å². The molecule has 3 N–H and O–H groups in total. The Balaban J connectivity index is 1.94. The fourth-order valence-electron chi connectivity index (χ4n) is 2.34. The lowest BCUT2D eigenvalue weighted by atomic mass is 10.1. The predicted molar refractivity (Wildman–Crippen MR) is 78.8 cm³/mol. The zero-order chi connectivity index (χ0) is 13.2. The monoisotopic (exact) mass is 266 g/mol. The summed E-state index contributed by atoms with van der Waals surface area (Å²) in [6.07, 6.45) is -0.426. The van der Waals surface area contributed by atoms with Gasteiger partial charge in [-0.3, -0.25) is 4.90 Å². The van der Waals surface area contributed by atoms with Crippen molar-refractivity contribution in [2.45, 2.75) is 24.7 Å². The first-order valence-electron chi connectivity index (χ1n) is 6.36. The molecule has 4 heteroatoms. The number of hydrogen-bond donors (Lipinski definition) is 2. The van der Waals surface area contributed by atoms with Crippen molar-refractivity contribution < 1.29 is 5.11 Å². The fourth-order valence-corrected chi connectivity index (χ4v) is 3.51. The van der Waals surface area contributed by atoms with Crippen molar-refractivity contribution >= 4 is 17.4 Å². The summed E-state index contributed by atoms with van der Waals surface area (Å²) in [7, 11) is 0. The Bertz CT molecular complexity index is 391. The number of anilines is 1. The minimum atomic E-state index is -0.426. The SMILES string of the molecule is CC1(C)CN(CC(O)c2ccc(N)cc2)CCS1. The van der Waals surface area contributed by atoms with Crippen molar-refractivity contribution in [2.24, 2.45) is 0 Å². The standard InChI is InChI=1S/C14H22N2OS/c1-14(2)10-16(7-8-18-14)9-13(17)11-3-5-12(15)6-4-11/h3-6,13,17H,7-10,15H2,1-2H3. The zero-order valence-corrected chi connectivity index (χ0v) is 11.9. The average molecular weight is 266 g/mol. The van der Waals surface area contributed by atoms with E-state index in [-0.39, 0.29) is 0 Å². The van der Waals surface area contributed by atoms with Crippen LogP contribution in [-0.4, -0.2) is 40.1 Å². The molecule has 1 aromatic carbocycles. The van der Waals surface area contributed by atoms with Gasteiger partial charge in [0, 0.05) is 35.8 Å². The summed E-state index contributed by atoms with van der Waals surface area (Å²) in [6, 6.07) is 7.50. The maximum atomic E-state index is 10.2. The number of nitrogens with zero attached hydrogens (tertiary/aromatic N) is 1. The molecule has 0 bridgehead atoms. The number of benzene rings is 1. The van der Waals surface area contributed by atoms with Gasteiger partial charge >= 0.3 is 0 Å². The minimum absolute atomic E-state index is 0.291. The van der Waals surface area contributed by atoms with E-state index in [1.807, 2.05) is 36.0 Å². The third-order valence-corrected chi connectivity index (χ3v) is 4.55. The largest absolute Gasteiger partial charge is 0.399 e. The molecule has 0 saturated carbocycles. The molecule has 1 atom stereocenters. The number of nitrogen functional groups attached to an aromatic ring is 1. The zero-order valence-electron chi connectivity index (χ0n) is 11.1. The van der Waals surface area contributed by atoms with Crippen LogP contribution in [0.2, 0.25) is 0 Å². The molecule has 1 heterocycles. The molecule has 18 heavy (non-hydrogen) atoms. The molecule has 0 aliphatic carbocycles. The molecule has 1 unspecified atom stereocenters. The highest BCUT2D eigenvalue weighted by atomic mass is 32.2. The van der Waals surface area contributed by atoms with Crippen molar-refractivity contribution in [1.29, 1.82) is 0 Å². The third-order valence-electron chi connectivity index (χ3n) is 3.26. The van der Waals surface area contributed by atoms with Crippen LogP contribution in [0.25, 0.3) is 0 Å². The summed E-state index contributed by atoms with van der Waals surface area (Å²) < 4.78 is 0.291. The Labute approximate surface area is 113 Å². The Hall–Kier alpha value is -0.710. The Kier molecular flexibility index (Phi) is 4.20. The van der Waals surface area contributed by atoms with E-state index in [2.05, 4.69) is 18.7 Å². The molecule has 0 spiro atoms. The smallest absolute Gasteiger partial charge is 0.0916 e. The maximum absolute atomic E-state index is 10.2. The molecule has 1 fully saturated rings. The second-order valence-corrected chi connectivity index (χ2v) is 7.33. The maximum Gasteiger partial charge on any atom is 0.0916 e. The molecule has 0 radical (unpaired) electrons. The van der Waals surface area contributed by atoms with Crippen LogP contribution in [0, 0.1) is 0 Å². The molecule has 2 rings (SSSR count). The molecule has 1 aliphatic rings. The predicted octanol–water partition coefficient (Wildman–Crippen LogP) is 2.13. The van der Waals surface area contributed by atoms with Gasteiger partial charge < -0.3 is 10.8 Å². The number of rotatable bonds is 3. The number of aliphatic hydroxyl groups excluding tert-OH is 1.